The Morgan fingerprint density at radius 3 is 2.26 bits per heavy atom. The molecule has 0 unspecified atom stereocenters. The smallest absolute Gasteiger partial charge is 0.291 e. The number of ether oxygens (including phenoxy) is 1. The summed E-state index contributed by atoms with van der Waals surface area (Å²) < 4.78 is 11.7. The minimum Gasteiger partial charge on any atom is -0.459 e. The lowest BCUT2D eigenvalue weighted by Crippen LogP contribution is -2.13. The van der Waals surface area contributed by atoms with Crippen LogP contribution in [0.25, 0.3) is 0 Å². The molecule has 0 radical (unpaired) electrons. The molecule has 0 atom stereocenters. The van der Waals surface area contributed by atoms with Gasteiger partial charge in [-0.05, 0) is 60.7 Å². The van der Waals surface area contributed by atoms with E-state index in [-0.39, 0.29) is 17.6 Å². The first kappa shape index (κ1) is 20.4. The number of carbonyl (C=O) groups excluding carboxylic acids is 2. The number of benzene rings is 2. The van der Waals surface area contributed by atoms with E-state index in [4.69, 9.17) is 9.15 Å². The predicted molar refractivity (Wildman–Crippen MR) is 120 cm³/mol. The Labute approximate surface area is 186 Å². The maximum atomic E-state index is 12.5. The molecule has 2 N–H and O–H groups in total. The minimum absolute atomic E-state index is 0.200. The lowest BCUT2D eigenvalue weighted by molar-refractivity contribution is 0.0995. The lowest BCUT2D eigenvalue weighted by Gasteiger charge is -2.09. The van der Waals surface area contributed by atoms with E-state index in [1.807, 2.05) is 24.3 Å². The van der Waals surface area contributed by atoms with E-state index in [1.165, 1.54) is 12.5 Å². The molecule has 0 saturated carbocycles. The van der Waals surface area contributed by atoms with Crippen molar-refractivity contribution in [3.8, 4) is 11.6 Å². The van der Waals surface area contributed by atoms with Crippen molar-refractivity contribution in [2.75, 3.05) is 10.6 Å². The molecule has 0 spiro atoms. The zero-order chi connectivity index (χ0) is 21.6. The highest BCUT2D eigenvalue weighted by Crippen LogP contribution is 2.22. The summed E-state index contributed by atoms with van der Waals surface area (Å²) in [6, 6.07) is 20.6. The normalized spacial score (nSPS) is 10.4. The second-order valence-electron chi connectivity index (χ2n) is 6.41. The predicted octanol–water partition coefficient (Wildman–Crippen LogP) is 5.73. The maximum Gasteiger partial charge on any atom is 0.291 e. The molecular weight excluding hydrogens is 462 g/mol. The van der Waals surface area contributed by atoms with Gasteiger partial charge in [-0.3, -0.25) is 9.59 Å². The van der Waals surface area contributed by atoms with Crippen LogP contribution in [0.5, 0.6) is 11.6 Å². The van der Waals surface area contributed by atoms with E-state index in [1.54, 1.807) is 48.5 Å². The zero-order valence-corrected chi connectivity index (χ0v) is 17.6. The molecule has 0 fully saturated rings. The van der Waals surface area contributed by atoms with Gasteiger partial charge in [0.15, 0.2) is 5.76 Å². The van der Waals surface area contributed by atoms with Crippen molar-refractivity contribution in [3.63, 3.8) is 0 Å². The molecule has 0 saturated heterocycles. The highest BCUT2D eigenvalue weighted by Gasteiger charge is 2.11. The first-order chi connectivity index (χ1) is 15.1. The molecule has 154 valence electrons. The molecule has 0 bridgehead atoms. The van der Waals surface area contributed by atoms with Gasteiger partial charge in [-0.2, -0.15) is 0 Å². The van der Waals surface area contributed by atoms with Crippen LogP contribution in [0.2, 0.25) is 0 Å². The topological polar surface area (TPSA) is 93.5 Å². The van der Waals surface area contributed by atoms with Gasteiger partial charge in [0, 0.05) is 28.1 Å². The van der Waals surface area contributed by atoms with Crippen LogP contribution < -0.4 is 15.4 Å². The molecule has 2 aromatic carbocycles. The minimum atomic E-state index is -0.376. The number of aromatic nitrogens is 1. The lowest BCUT2D eigenvalue weighted by atomic mass is 10.2. The van der Waals surface area contributed by atoms with Crippen LogP contribution in [0.3, 0.4) is 0 Å². The Morgan fingerprint density at radius 2 is 1.61 bits per heavy atom. The maximum absolute atomic E-state index is 12.5. The van der Waals surface area contributed by atoms with Gasteiger partial charge in [-0.25, -0.2) is 4.98 Å². The van der Waals surface area contributed by atoms with Crippen LogP contribution in [0.15, 0.2) is 94.1 Å². The van der Waals surface area contributed by atoms with Crippen molar-refractivity contribution in [3.05, 3.63) is 101 Å². The molecule has 4 rings (SSSR count). The molecule has 8 heteroatoms. The Hall–Kier alpha value is -3.91. The Morgan fingerprint density at radius 1 is 0.871 bits per heavy atom. The van der Waals surface area contributed by atoms with Gasteiger partial charge in [-0.15, -0.1) is 0 Å². The zero-order valence-electron chi connectivity index (χ0n) is 16.0. The quantitative estimate of drug-likeness (QED) is 0.369. The summed E-state index contributed by atoms with van der Waals surface area (Å²) in [6.07, 6.45) is 2.86. The van der Waals surface area contributed by atoms with Crippen molar-refractivity contribution in [1.82, 2.24) is 4.98 Å². The number of carbonyl (C=O) groups is 2. The van der Waals surface area contributed by atoms with Crippen LogP contribution in [0, 0.1) is 0 Å². The summed E-state index contributed by atoms with van der Waals surface area (Å²) in [6.45, 7) is 0. The first-order valence-electron chi connectivity index (χ1n) is 9.22. The van der Waals surface area contributed by atoms with Gasteiger partial charge < -0.3 is 19.8 Å². The highest BCUT2D eigenvalue weighted by molar-refractivity contribution is 9.10. The van der Waals surface area contributed by atoms with Crippen molar-refractivity contribution >= 4 is 39.1 Å². The van der Waals surface area contributed by atoms with Crippen LogP contribution in [0.1, 0.15) is 20.9 Å². The molecular formula is C23H16BrN3O4. The SMILES string of the molecule is O=C(Nc1cccc(NC(=O)c2ccco2)c1)c1ccc(Oc2ccc(Br)cc2)nc1. The van der Waals surface area contributed by atoms with Gasteiger partial charge in [0.05, 0.1) is 11.8 Å². The third kappa shape index (κ3) is 5.37. The fourth-order valence-corrected chi connectivity index (χ4v) is 2.94. The number of rotatable bonds is 6. The summed E-state index contributed by atoms with van der Waals surface area (Å²) in [7, 11) is 0. The fourth-order valence-electron chi connectivity index (χ4n) is 2.68. The number of pyridine rings is 1. The molecule has 0 aliphatic carbocycles. The molecule has 4 aromatic rings. The molecule has 0 aliphatic heterocycles. The first-order valence-corrected chi connectivity index (χ1v) is 10.0. The molecule has 2 amide bonds. The number of amides is 2. The van der Waals surface area contributed by atoms with Gasteiger partial charge in [0.25, 0.3) is 11.8 Å². The molecule has 7 nitrogen and oxygen atoms in total. The molecule has 2 aromatic heterocycles. The second kappa shape index (κ2) is 9.27. The number of nitrogens with one attached hydrogen (secondary N) is 2. The van der Waals surface area contributed by atoms with E-state index in [0.717, 1.165) is 4.47 Å². The standard InChI is InChI=1S/C23H16BrN3O4/c24-16-7-9-19(10-8-16)31-21-11-6-15(14-25-21)22(28)26-17-3-1-4-18(13-17)27-23(29)20-5-2-12-30-20/h1-14H,(H,26,28)(H,27,29). The van der Waals surface area contributed by atoms with Crippen molar-refractivity contribution in [2.45, 2.75) is 0 Å². The largest absolute Gasteiger partial charge is 0.459 e. The molecule has 31 heavy (non-hydrogen) atoms. The summed E-state index contributed by atoms with van der Waals surface area (Å²) in [5, 5.41) is 5.50. The summed E-state index contributed by atoms with van der Waals surface area (Å²) in [5.41, 5.74) is 1.42. The number of hydrogen-bond acceptors (Lipinski definition) is 5. The average Bonchev–Trinajstić information content (AvgIpc) is 3.31. The van der Waals surface area contributed by atoms with Crippen molar-refractivity contribution in [1.29, 1.82) is 0 Å². The Kier molecular flexibility index (Phi) is 6.09. The van der Waals surface area contributed by atoms with Gasteiger partial charge in [0.2, 0.25) is 5.88 Å². The fraction of sp³-hybridized carbons (Fsp3) is 0. The van der Waals surface area contributed by atoms with Gasteiger partial charge in [-0.1, -0.05) is 22.0 Å². The second-order valence-corrected chi connectivity index (χ2v) is 7.32. The van der Waals surface area contributed by atoms with E-state index in [9.17, 15) is 9.59 Å². The third-order valence-corrected chi connectivity index (χ3v) is 4.69. The van der Waals surface area contributed by atoms with E-state index >= 15 is 0 Å². The average molecular weight is 478 g/mol. The number of anilines is 2. The number of nitrogens with zero attached hydrogens (tertiary/aromatic N) is 1. The van der Waals surface area contributed by atoms with Gasteiger partial charge in [0.1, 0.15) is 5.75 Å². The third-order valence-electron chi connectivity index (χ3n) is 4.16. The van der Waals surface area contributed by atoms with Crippen LogP contribution in [-0.2, 0) is 0 Å². The number of halogens is 1. The molecule has 2 heterocycles. The van der Waals surface area contributed by atoms with Gasteiger partial charge >= 0.3 is 0 Å². The monoisotopic (exact) mass is 477 g/mol. The van der Waals surface area contributed by atoms with Crippen LogP contribution in [-0.4, -0.2) is 16.8 Å². The van der Waals surface area contributed by atoms with E-state index in [2.05, 4.69) is 31.5 Å². The van der Waals surface area contributed by atoms with E-state index < -0.39 is 0 Å². The van der Waals surface area contributed by atoms with Crippen LogP contribution in [0.4, 0.5) is 11.4 Å². The summed E-state index contributed by atoms with van der Waals surface area (Å²) in [5.74, 6) is 0.505. The van der Waals surface area contributed by atoms with E-state index in [0.29, 0.717) is 28.6 Å². The van der Waals surface area contributed by atoms with Crippen LogP contribution >= 0.6 is 15.9 Å². The van der Waals surface area contributed by atoms with Crippen molar-refractivity contribution in [2.24, 2.45) is 0 Å². The number of furan rings is 1. The summed E-state index contributed by atoms with van der Waals surface area (Å²) >= 11 is 3.37. The Bertz CT molecular complexity index is 1190. The summed E-state index contributed by atoms with van der Waals surface area (Å²) in [4.78, 5) is 28.8. The number of hydrogen-bond donors (Lipinski definition) is 2. The molecule has 0 aliphatic rings. The highest BCUT2D eigenvalue weighted by atomic mass is 79.9. The Balaban J connectivity index is 1.38. The van der Waals surface area contributed by atoms with Crippen molar-refractivity contribution < 1.29 is 18.7 Å².